The molecule has 5 nitrogen and oxygen atoms in total. The molecule has 92 valence electrons. The van der Waals surface area contributed by atoms with Gasteiger partial charge in [-0.25, -0.2) is 4.98 Å². The average Bonchev–Trinajstić information content (AvgIpc) is 2.39. The number of nitrogens with zero attached hydrogens (tertiary/aromatic N) is 3. The first-order valence-corrected chi connectivity index (χ1v) is 6.03. The maximum absolute atomic E-state index is 12.2. The second kappa shape index (κ2) is 5.23. The molecule has 1 saturated heterocycles. The lowest BCUT2D eigenvalue weighted by Gasteiger charge is -2.36. The van der Waals surface area contributed by atoms with E-state index in [0.29, 0.717) is 18.2 Å². The van der Waals surface area contributed by atoms with E-state index in [0.717, 1.165) is 19.4 Å². The summed E-state index contributed by atoms with van der Waals surface area (Å²) < 4.78 is 0. The minimum absolute atomic E-state index is 0.0385. The van der Waals surface area contributed by atoms with E-state index in [1.54, 1.807) is 12.4 Å². The molecule has 0 radical (unpaired) electrons. The Labute approximate surface area is 101 Å². The number of piperidine rings is 1. The fraction of sp³-hybridized carbons (Fsp3) is 0.583. The minimum atomic E-state index is -0.0385. The molecule has 0 aromatic carbocycles. The summed E-state index contributed by atoms with van der Waals surface area (Å²) in [6.45, 7) is 3.56. The van der Waals surface area contributed by atoms with Crippen molar-refractivity contribution >= 4 is 5.91 Å². The van der Waals surface area contributed by atoms with Crippen LogP contribution in [0.5, 0.6) is 0 Å². The van der Waals surface area contributed by atoms with Gasteiger partial charge >= 0.3 is 0 Å². The number of carbonyl (C=O) groups is 1. The lowest BCUT2D eigenvalue weighted by atomic mass is 9.90. The lowest BCUT2D eigenvalue weighted by molar-refractivity contribution is 0.0642. The summed E-state index contributed by atoms with van der Waals surface area (Å²) in [5.41, 5.74) is 6.44. The summed E-state index contributed by atoms with van der Waals surface area (Å²) in [7, 11) is 0. The highest BCUT2D eigenvalue weighted by Gasteiger charge is 2.28. The molecule has 2 atom stereocenters. The summed E-state index contributed by atoms with van der Waals surface area (Å²) in [5.74, 6) is 0.354. The standard InChI is InChI=1S/C12H18N4O/c1-2-9-8-16(6-3-10(9)13)12(17)11-7-14-4-5-15-11/h4-5,7,9-10H,2-3,6,8,13H2,1H3. The van der Waals surface area contributed by atoms with E-state index in [9.17, 15) is 4.79 Å². The van der Waals surface area contributed by atoms with Crippen molar-refractivity contribution < 1.29 is 4.79 Å². The zero-order valence-corrected chi connectivity index (χ0v) is 10.0. The number of aromatic nitrogens is 2. The van der Waals surface area contributed by atoms with Gasteiger partial charge in [-0.3, -0.25) is 9.78 Å². The second-order valence-electron chi connectivity index (χ2n) is 4.46. The fourth-order valence-corrected chi connectivity index (χ4v) is 2.24. The smallest absolute Gasteiger partial charge is 0.274 e. The maximum Gasteiger partial charge on any atom is 0.274 e. The van der Waals surface area contributed by atoms with Crippen LogP contribution in [0.4, 0.5) is 0 Å². The number of hydrogen-bond donors (Lipinski definition) is 1. The van der Waals surface area contributed by atoms with Crippen LogP contribution < -0.4 is 5.73 Å². The molecule has 17 heavy (non-hydrogen) atoms. The molecule has 1 aliphatic rings. The Morgan fingerprint density at radius 3 is 3.06 bits per heavy atom. The third-order valence-electron chi connectivity index (χ3n) is 3.39. The van der Waals surface area contributed by atoms with Gasteiger partial charge in [0, 0.05) is 31.5 Å². The Morgan fingerprint density at radius 2 is 2.41 bits per heavy atom. The molecule has 2 rings (SSSR count). The normalized spacial score (nSPS) is 24.7. The van der Waals surface area contributed by atoms with Gasteiger partial charge in [-0.2, -0.15) is 0 Å². The van der Waals surface area contributed by atoms with E-state index in [4.69, 9.17) is 5.73 Å². The van der Waals surface area contributed by atoms with Gasteiger partial charge in [0.25, 0.3) is 5.91 Å². The molecule has 0 saturated carbocycles. The number of hydrogen-bond acceptors (Lipinski definition) is 4. The molecule has 5 heteroatoms. The SMILES string of the molecule is CCC1CN(C(=O)c2cnccn2)CCC1N. The van der Waals surface area contributed by atoms with Crippen LogP contribution in [0.3, 0.4) is 0 Å². The number of rotatable bonds is 2. The van der Waals surface area contributed by atoms with Gasteiger partial charge in [-0.1, -0.05) is 13.3 Å². The topological polar surface area (TPSA) is 72.1 Å². The molecule has 0 bridgehead atoms. The van der Waals surface area contributed by atoms with Crippen LogP contribution in [0.25, 0.3) is 0 Å². The first-order valence-electron chi connectivity index (χ1n) is 6.03. The zero-order chi connectivity index (χ0) is 12.3. The highest BCUT2D eigenvalue weighted by Crippen LogP contribution is 2.19. The predicted molar refractivity (Wildman–Crippen MR) is 64.3 cm³/mol. The van der Waals surface area contributed by atoms with Gasteiger partial charge < -0.3 is 10.6 Å². The molecule has 0 spiro atoms. The van der Waals surface area contributed by atoms with E-state index in [-0.39, 0.29) is 11.9 Å². The minimum Gasteiger partial charge on any atom is -0.337 e. The van der Waals surface area contributed by atoms with Crippen LogP contribution in [-0.4, -0.2) is 39.9 Å². The number of amides is 1. The number of carbonyl (C=O) groups excluding carboxylic acids is 1. The van der Waals surface area contributed by atoms with Gasteiger partial charge in [0.15, 0.2) is 0 Å². The number of nitrogens with two attached hydrogens (primary N) is 1. The van der Waals surface area contributed by atoms with Crippen molar-refractivity contribution in [2.75, 3.05) is 13.1 Å². The molecule has 2 heterocycles. The lowest BCUT2D eigenvalue weighted by Crippen LogP contribution is -2.49. The van der Waals surface area contributed by atoms with E-state index in [2.05, 4.69) is 16.9 Å². The van der Waals surface area contributed by atoms with Crippen molar-refractivity contribution in [1.82, 2.24) is 14.9 Å². The van der Waals surface area contributed by atoms with Crippen molar-refractivity contribution in [1.29, 1.82) is 0 Å². The molecular weight excluding hydrogens is 216 g/mol. The van der Waals surface area contributed by atoms with Crippen LogP contribution in [0.2, 0.25) is 0 Å². The van der Waals surface area contributed by atoms with Crippen molar-refractivity contribution in [2.24, 2.45) is 11.7 Å². The van der Waals surface area contributed by atoms with E-state index < -0.39 is 0 Å². The predicted octanol–water partition coefficient (Wildman–Crippen LogP) is 0.676. The molecule has 2 N–H and O–H groups in total. The van der Waals surface area contributed by atoms with Crippen LogP contribution in [0, 0.1) is 5.92 Å². The largest absolute Gasteiger partial charge is 0.337 e. The Bertz CT molecular complexity index is 381. The van der Waals surface area contributed by atoms with Gasteiger partial charge in [-0.15, -0.1) is 0 Å². The van der Waals surface area contributed by atoms with E-state index in [1.807, 2.05) is 4.90 Å². The third kappa shape index (κ3) is 2.61. The summed E-state index contributed by atoms with van der Waals surface area (Å²) >= 11 is 0. The zero-order valence-electron chi connectivity index (χ0n) is 10.0. The van der Waals surface area contributed by atoms with Crippen LogP contribution in [-0.2, 0) is 0 Å². The van der Waals surface area contributed by atoms with Crippen LogP contribution in [0.1, 0.15) is 30.3 Å². The number of likely N-dealkylation sites (tertiary alicyclic amines) is 1. The Hall–Kier alpha value is -1.49. The summed E-state index contributed by atoms with van der Waals surface area (Å²) in [5, 5.41) is 0. The van der Waals surface area contributed by atoms with Crippen molar-refractivity contribution in [3.63, 3.8) is 0 Å². The molecule has 1 aromatic rings. The van der Waals surface area contributed by atoms with Crippen molar-refractivity contribution in [3.8, 4) is 0 Å². The van der Waals surface area contributed by atoms with Gasteiger partial charge in [0.1, 0.15) is 5.69 Å². The first-order chi connectivity index (χ1) is 8.22. The highest BCUT2D eigenvalue weighted by molar-refractivity contribution is 5.92. The monoisotopic (exact) mass is 234 g/mol. The molecule has 1 aliphatic heterocycles. The Kier molecular flexibility index (Phi) is 3.68. The maximum atomic E-state index is 12.2. The summed E-state index contributed by atoms with van der Waals surface area (Å²) in [4.78, 5) is 21.9. The van der Waals surface area contributed by atoms with Gasteiger partial charge in [0.05, 0.1) is 6.20 Å². The van der Waals surface area contributed by atoms with E-state index >= 15 is 0 Å². The average molecular weight is 234 g/mol. The Balaban J connectivity index is 2.06. The first kappa shape index (κ1) is 12.0. The molecule has 1 aromatic heterocycles. The second-order valence-corrected chi connectivity index (χ2v) is 4.46. The van der Waals surface area contributed by atoms with Crippen molar-refractivity contribution in [2.45, 2.75) is 25.8 Å². The quantitative estimate of drug-likeness (QED) is 0.816. The fourth-order valence-electron chi connectivity index (χ4n) is 2.24. The summed E-state index contributed by atoms with van der Waals surface area (Å²) in [6.07, 6.45) is 6.49. The Morgan fingerprint density at radius 1 is 1.59 bits per heavy atom. The highest BCUT2D eigenvalue weighted by atomic mass is 16.2. The molecule has 1 amide bonds. The molecular formula is C12H18N4O. The molecule has 1 fully saturated rings. The molecule has 2 unspecified atom stereocenters. The van der Waals surface area contributed by atoms with Crippen LogP contribution in [0.15, 0.2) is 18.6 Å². The molecule has 0 aliphatic carbocycles. The summed E-state index contributed by atoms with van der Waals surface area (Å²) in [6, 6.07) is 0.214. The van der Waals surface area contributed by atoms with Gasteiger partial charge in [-0.05, 0) is 12.3 Å². The van der Waals surface area contributed by atoms with Crippen LogP contribution >= 0.6 is 0 Å². The van der Waals surface area contributed by atoms with Gasteiger partial charge in [0.2, 0.25) is 0 Å². The van der Waals surface area contributed by atoms with Crippen molar-refractivity contribution in [3.05, 3.63) is 24.3 Å². The van der Waals surface area contributed by atoms with E-state index in [1.165, 1.54) is 6.20 Å². The third-order valence-corrected chi connectivity index (χ3v) is 3.39.